The summed E-state index contributed by atoms with van der Waals surface area (Å²) in [6.07, 6.45) is 0. The molecule has 0 amide bonds. The Morgan fingerprint density at radius 2 is 1.03 bits per heavy atom. The number of aromatic nitrogens is 4. The lowest BCUT2D eigenvalue weighted by atomic mass is 10.0. The van der Waals surface area contributed by atoms with E-state index in [1.807, 2.05) is 0 Å². The average Bonchev–Trinajstić information content (AvgIpc) is 4.06. The maximum absolute atomic E-state index is 5.35. The number of thiophene rings is 1. The molecule has 9 aromatic carbocycles. The summed E-state index contributed by atoms with van der Waals surface area (Å²) in [5.74, 6) is 0.721. The van der Waals surface area contributed by atoms with Gasteiger partial charge in [-0.25, -0.2) is 9.97 Å². The van der Waals surface area contributed by atoms with E-state index in [0.717, 1.165) is 43.9 Å². The minimum absolute atomic E-state index is 0.721. The van der Waals surface area contributed by atoms with Crippen molar-refractivity contribution in [3.8, 4) is 39.5 Å². The highest BCUT2D eigenvalue weighted by atomic mass is 32.1. The summed E-state index contributed by atoms with van der Waals surface area (Å²) >= 11 is 1.77. The van der Waals surface area contributed by atoms with Crippen LogP contribution in [-0.4, -0.2) is 18.9 Å². The molecule has 61 heavy (non-hydrogen) atoms. The third-order valence-electron chi connectivity index (χ3n) is 12.8. The summed E-state index contributed by atoms with van der Waals surface area (Å²) in [5.41, 5.74) is 13.7. The minimum atomic E-state index is 0.721. The van der Waals surface area contributed by atoms with Crippen molar-refractivity contribution in [1.29, 1.82) is 0 Å². The molecule has 5 heterocycles. The Morgan fingerprint density at radius 1 is 0.393 bits per heavy atom. The number of benzene rings is 9. The molecule has 0 bridgehead atoms. The number of rotatable bonds is 4. The van der Waals surface area contributed by atoms with Gasteiger partial charge in [0, 0.05) is 59.2 Å². The first-order valence-electron chi connectivity index (χ1n) is 20.7. The van der Waals surface area contributed by atoms with Gasteiger partial charge in [0.05, 0.1) is 43.5 Å². The lowest BCUT2D eigenvalue weighted by Gasteiger charge is -2.11. The zero-order valence-corrected chi connectivity index (χ0v) is 33.5. The summed E-state index contributed by atoms with van der Waals surface area (Å²) in [5, 5.41) is 11.3. The molecular weight excluding hydrogens is 761 g/mol. The second-order valence-electron chi connectivity index (χ2n) is 16.1. The van der Waals surface area contributed by atoms with Crippen LogP contribution in [0.1, 0.15) is 0 Å². The molecule has 14 rings (SSSR count). The predicted octanol–water partition coefficient (Wildman–Crippen LogP) is 15.2. The van der Waals surface area contributed by atoms with E-state index in [0.29, 0.717) is 0 Å². The molecule has 0 fully saturated rings. The number of para-hydroxylation sites is 2. The first-order valence-corrected chi connectivity index (χ1v) is 21.6. The molecule has 4 nitrogen and oxygen atoms in total. The quantitative estimate of drug-likeness (QED) is 0.178. The first kappa shape index (κ1) is 33.0. The van der Waals surface area contributed by atoms with Gasteiger partial charge in [0.2, 0.25) is 0 Å². The van der Waals surface area contributed by atoms with Gasteiger partial charge in [0.1, 0.15) is 0 Å². The first-order chi connectivity index (χ1) is 30.2. The van der Waals surface area contributed by atoms with Gasteiger partial charge in [-0.15, -0.1) is 11.3 Å². The standard InChI is InChI=1S/C56H32N4S/c1-2-12-33(13-3-1)34-22-24-35(25-23-34)52-55-53(42-18-8-11-21-49(42)61-55)58-56(57-52)36-26-28-39(29-27-36)59-46-20-10-7-17-41(46)50-48(59)32-43-40-16-6-9-19-45(40)60-47-31-38-15-5-4-14-37(38)30-44(47)51(50)54(43)60/h1-32H. The maximum Gasteiger partial charge on any atom is 0.160 e. The third-order valence-corrected chi connectivity index (χ3v) is 14.0. The van der Waals surface area contributed by atoms with Crippen LogP contribution in [0.4, 0.5) is 0 Å². The van der Waals surface area contributed by atoms with Crippen LogP contribution in [0, 0.1) is 0 Å². The topological polar surface area (TPSA) is 35.1 Å². The Bertz CT molecular complexity index is 4080. The summed E-state index contributed by atoms with van der Waals surface area (Å²) in [4.78, 5) is 10.6. The molecule has 0 spiro atoms. The van der Waals surface area contributed by atoms with Gasteiger partial charge in [-0.3, -0.25) is 0 Å². The Balaban J connectivity index is 0.983. The molecule has 0 atom stereocenters. The molecule has 0 unspecified atom stereocenters. The summed E-state index contributed by atoms with van der Waals surface area (Å²) in [6.45, 7) is 0. The number of hydrogen-bond acceptors (Lipinski definition) is 3. The van der Waals surface area contributed by atoms with E-state index in [1.165, 1.54) is 86.5 Å². The van der Waals surface area contributed by atoms with Crippen molar-refractivity contribution in [3.05, 3.63) is 194 Å². The van der Waals surface area contributed by atoms with Gasteiger partial charge >= 0.3 is 0 Å². The van der Waals surface area contributed by atoms with Crippen molar-refractivity contribution < 1.29 is 0 Å². The maximum atomic E-state index is 5.35. The Morgan fingerprint density at radius 3 is 1.85 bits per heavy atom. The fraction of sp³-hybridized carbons (Fsp3) is 0. The SMILES string of the molecule is c1ccc(-c2ccc(-c3nc(-c4ccc(-n5c6ccccc6c6c7c8cc9ccccc9cc8n8c9ccccc9c(cc65)c78)cc4)nc4c3sc3ccccc34)cc2)cc1. The van der Waals surface area contributed by atoms with Crippen LogP contribution >= 0.6 is 11.3 Å². The molecule has 0 N–H and O–H groups in total. The monoisotopic (exact) mass is 792 g/mol. The number of nitrogens with zero attached hydrogens (tertiary/aromatic N) is 4. The fourth-order valence-corrected chi connectivity index (χ4v) is 11.3. The summed E-state index contributed by atoms with van der Waals surface area (Å²) in [6, 6.07) is 70.4. The Kier molecular flexibility index (Phi) is 6.68. The van der Waals surface area contributed by atoms with Crippen LogP contribution < -0.4 is 0 Å². The van der Waals surface area contributed by atoms with Crippen LogP contribution in [0.2, 0.25) is 0 Å². The molecule has 5 heteroatoms. The van der Waals surface area contributed by atoms with Crippen molar-refractivity contribution >= 4 is 102 Å². The van der Waals surface area contributed by atoms with E-state index in [1.54, 1.807) is 11.3 Å². The van der Waals surface area contributed by atoms with Gasteiger partial charge in [-0.1, -0.05) is 133 Å². The van der Waals surface area contributed by atoms with Crippen molar-refractivity contribution in [2.45, 2.75) is 0 Å². The van der Waals surface area contributed by atoms with Crippen molar-refractivity contribution in [3.63, 3.8) is 0 Å². The van der Waals surface area contributed by atoms with Gasteiger partial charge < -0.3 is 8.97 Å². The fourth-order valence-electron chi connectivity index (χ4n) is 10.1. The van der Waals surface area contributed by atoms with E-state index in [2.05, 4.69) is 203 Å². The van der Waals surface area contributed by atoms with Crippen LogP contribution in [-0.2, 0) is 0 Å². The lowest BCUT2D eigenvalue weighted by Crippen LogP contribution is -1.96. The molecule has 5 aromatic heterocycles. The predicted molar refractivity (Wildman–Crippen MR) is 258 cm³/mol. The molecule has 0 saturated heterocycles. The van der Waals surface area contributed by atoms with Crippen molar-refractivity contribution in [2.24, 2.45) is 0 Å². The normalized spacial score (nSPS) is 12.3. The highest BCUT2D eigenvalue weighted by molar-refractivity contribution is 7.26. The molecule has 0 radical (unpaired) electrons. The largest absolute Gasteiger partial charge is 0.309 e. The van der Waals surface area contributed by atoms with Crippen LogP contribution in [0.15, 0.2) is 194 Å². The minimum Gasteiger partial charge on any atom is -0.309 e. The zero-order chi connectivity index (χ0) is 39.8. The second-order valence-corrected chi connectivity index (χ2v) is 17.2. The van der Waals surface area contributed by atoms with E-state index in [-0.39, 0.29) is 0 Å². The molecule has 0 aliphatic rings. The highest BCUT2D eigenvalue weighted by Gasteiger charge is 2.25. The zero-order valence-electron chi connectivity index (χ0n) is 32.7. The van der Waals surface area contributed by atoms with Gasteiger partial charge in [0.25, 0.3) is 0 Å². The Hall–Kier alpha value is -7.86. The van der Waals surface area contributed by atoms with Crippen LogP contribution in [0.3, 0.4) is 0 Å². The smallest absolute Gasteiger partial charge is 0.160 e. The van der Waals surface area contributed by atoms with Crippen molar-refractivity contribution in [2.75, 3.05) is 0 Å². The molecule has 0 saturated carbocycles. The summed E-state index contributed by atoms with van der Waals surface area (Å²) < 4.78 is 7.27. The van der Waals surface area contributed by atoms with Gasteiger partial charge in [0.15, 0.2) is 5.82 Å². The molecule has 0 aliphatic heterocycles. The Labute approximate surface area is 353 Å². The van der Waals surface area contributed by atoms with E-state index in [9.17, 15) is 0 Å². The van der Waals surface area contributed by atoms with E-state index < -0.39 is 0 Å². The molecule has 0 aliphatic carbocycles. The average molecular weight is 793 g/mol. The van der Waals surface area contributed by atoms with Crippen LogP contribution in [0.5, 0.6) is 0 Å². The van der Waals surface area contributed by atoms with Gasteiger partial charge in [-0.05, 0) is 82.6 Å². The second kappa shape index (κ2) is 12.3. The third kappa shape index (κ3) is 4.64. The van der Waals surface area contributed by atoms with Crippen LogP contribution in [0.25, 0.3) is 130 Å². The highest BCUT2D eigenvalue weighted by Crippen LogP contribution is 2.47. The molecule has 14 aromatic rings. The van der Waals surface area contributed by atoms with E-state index in [4.69, 9.17) is 9.97 Å². The summed E-state index contributed by atoms with van der Waals surface area (Å²) in [7, 11) is 0. The lowest BCUT2D eigenvalue weighted by molar-refractivity contribution is 1.18. The number of hydrogen-bond donors (Lipinski definition) is 0. The van der Waals surface area contributed by atoms with Crippen molar-refractivity contribution in [1.82, 2.24) is 18.9 Å². The molecule has 282 valence electrons. The molecular formula is C56H32N4S. The number of fused-ring (bicyclic) bond motifs is 14. The van der Waals surface area contributed by atoms with Gasteiger partial charge in [-0.2, -0.15) is 0 Å². The van der Waals surface area contributed by atoms with E-state index >= 15 is 0 Å².